The van der Waals surface area contributed by atoms with Gasteiger partial charge in [0.25, 0.3) is 5.91 Å². The van der Waals surface area contributed by atoms with Crippen molar-refractivity contribution in [3.63, 3.8) is 0 Å². The Kier molecular flexibility index (Phi) is 6.40. The highest BCUT2D eigenvalue weighted by Crippen LogP contribution is 2.27. The smallest absolute Gasteiger partial charge is 0.254 e. The average molecular weight is 405 g/mol. The van der Waals surface area contributed by atoms with Crippen LogP contribution in [0.25, 0.3) is 0 Å². The van der Waals surface area contributed by atoms with Crippen LogP contribution in [-0.4, -0.2) is 29.8 Å². The molecule has 3 rings (SSSR count). The predicted molar refractivity (Wildman–Crippen MR) is 110 cm³/mol. The van der Waals surface area contributed by atoms with E-state index in [9.17, 15) is 9.59 Å². The van der Waals surface area contributed by atoms with Crippen molar-refractivity contribution in [2.75, 3.05) is 18.4 Å². The molecular formula is C21H22Cl2N2O2. The highest BCUT2D eigenvalue weighted by Gasteiger charge is 2.22. The lowest BCUT2D eigenvalue weighted by Crippen LogP contribution is -2.28. The van der Waals surface area contributed by atoms with Crippen LogP contribution in [0.3, 0.4) is 0 Å². The van der Waals surface area contributed by atoms with Gasteiger partial charge in [-0.1, -0.05) is 41.4 Å². The molecule has 1 saturated heterocycles. The van der Waals surface area contributed by atoms with Crippen molar-refractivity contribution in [2.45, 2.75) is 32.6 Å². The van der Waals surface area contributed by atoms with E-state index >= 15 is 0 Å². The van der Waals surface area contributed by atoms with Gasteiger partial charge < -0.3 is 10.2 Å². The molecule has 4 nitrogen and oxygen atoms in total. The zero-order valence-electron chi connectivity index (χ0n) is 15.2. The van der Waals surface area contributed by atoms with Gasteiger partial charge in [-0.05, 0) is 55.5 Å². The van der Waals surface area contributed by atoms with Crippen LogP contribution < -0.4 is 5.32 Å². The molecule has 0 bridgehead atoms. The van der Waals surface area contributed by atoms with Crippen molar-refractivity contribution < 1.29 is 9.59 Å². The highest BCUT2D eigenvalue weighted by atomic mass is 35.5. The summed E-state index contributed by atoms with van der Waals surface area (Å²) in [6.07, 6.45) is 2.88. The minimum Gasteiger partial charge on any atom is -0.339 e. The summed E-state index contributed by atoms with van der Waals surface area (Å²) >= 11 is 12.2. The zero-order chi connectivity index (χ0) is 19.4. The maximum Gasteiger partial charge on any atom is 0.254 e. The molecule has 27 heavy (non-hydrogen) atoms. The Balaban J connectivity index is 1.66. The molecule has 142 valence electrons. The van der Waals surface area contributed by atoms with Gasteiger partial charge in [0.15, 0.2) is 0 Å². The van der Waals surface area contributed by atoms with Gasteiger partial charge >= 0.3 is 0 Å². The van der Waals surface area contributed by atoms with Crippen LogP contribution in [0.15, 0.2) is 36.4 Å². The van der Waals surface area contributed by atoms with Crippen molar-refractivity contribution in [1.82, 2.24) is 4.90 Å². The highest BCUT2D eigenvalue weighted by molar-refractivity contribution is 6.42. The summed E-state index contributed by atoms with van der Waals surface area (Å²) in [6, 6.07) is 10.8. The number of hydrogen-bond acceptors (Lipinski definition) is 2. The summed E-state index contributed by atoms with van der Waals surface area (Å²) in [7, 11) is 0. The van der Waals surface area contributed by atoms with E-state index in [2.05, 4.69) is 5.32 Å². The second-order valence-corrected chi connectivity index (χ2v) is 7.52. The van der Waals surface area contributed by atoms with Gasteiger partial charge in [-0.2, -0.15) is 0 Å². The van der Waals surface area contributed by atoms with Crippen LogP contribution in [0.5, 0.6) is 0 Å². The standard InChI is InChI=1S/C21H22Cl2N2O2/c1-14-16(21(27)25-12-2-3-13-25)7-5-9-18(14)24-19(26)11-10-15-6-4-8-17(22)20(15)23/h4-9H,2-3,10-13H2,1H3,(H,24,26). The summed E-state index contributed by atoms with van der Waals surface area (Å²) in [5, 5.41) is 3.89. The van der Waals surface area contributed by atoms with Gasteiger partial charge in [0.1, 0.15) is 0 Å². The Morgan fingerprint density at radius 1 is 1.07 bits per heavy atom. The van der Waals surface area contributed by atoms with Gasteiger partial charge in [-0.15, -0.1) is 0 Å². The van der Waals surface area contributed by atoms with E-state index in [0.29, 0.717) is 27.7 Å². The molecule has 0 atom stereocenters. The molecule has 1 fully saturated rings. The zero-order valence-corrected chi connectivity index (χ0v) is 16.7. The summed E-state index contributed by atoms with van der Waals surface area (Å²) < 4.78 is 0. The monoisotopic (exact) mass is 404 g/mol. The number of nitrogens with one attached hydrogen (secondary N) is 1. The predicted octanol–water partition coefficient (Wildman–Crippen LogP) is 5.11. The van der Waals surface area contributed by atoms with Gasteiger partial charge in [0, 0.05) is 30.8 Å². The van der Waals surface area contributed by atoms with E-state index in [1.807, 2.05) is 36.1 Å². The Bertz CT molecular complexity index is 861. The molecule has 0 saturated carbocycles. The number of halogens is 2. The molecule has 0 aromatic heterocycles. The summed E-state index contributed by atoms with van der Waals surface area (Å²) in [5.74, 6) is -0.0910. The van der Waals surface area contributed by atoms with Crippen LogP contribution in [-0.2, 0) is 11.2 Å². The Morgan fingerprint density at radius 3 is 2.52 bits per heavy atom. The minimum atomic E-state index is -0.125. The van der Waals surface area contributed by atoms with E-state index in [1.54, 1.807) is 12.1 Å². The van der Waals surface area contributed by atoms with E-state index in [1.165, 1.54) is 0 Å². The van der Waals surface area contributed by atoms with Gasteiger partial charge in [0.05, 0.1) is 10.0 Å². The lowest BCUT2D eigenvalue weighted by atomic mass is 10.0. The third kappa shape index (κ3) is 4.63. The molecular weight excluding hydrogens is 383 g/mol. The third-order valence-corrected chi connectivity index (χ3v) is 5.74. The van der Waals surface area contributed by atoms with Crippen molar-refractivity contribution in [1.29, 1.82) is 0 Å². The number of likely N-dealkylation sites (tertiary alicyclic amines) is 1. The summed E-state index contributed by atoms with van der Waals surface area (Å²) in [4.78, 5) is 26.9. The fraction of sp³-hybridized carbons (Fsp3) is 0.333. The lowest BCUT2D eigenvalue weighted by molar-refractivity contribution is -0.116. The lowest BCUT2D eigenvalue weighted by Gasteiger charge is -2.18. The maximum absolute atomic E-state index is 12.7. The topological polar surface area (TPSA) is 49.4 Å². The molecule has 6 heteroatoms. The molecule has 1 aliphatic rings. The van der Waals surface area contributed by atoms with Crippen LogP contribution in [0, 0.1) is 6.92 Å². The second-order valence-electron chi connectivity index (χ2n) is 6.74. The maximum atomic E-state index is 12.7. The molecule has 1 heterocycles. The normalized spacial score (nSPS) is 13.7. The number of aryl methyl sites for hydroxylation is 1. The molecule has 2 aromatic carbocycles. The molecule has 1 N–H and O–H groups in total. The molecule has 1 aliphatic heterocycles. The number of nitrogens with zero attached hydrogens (tertiary/aromatic N) is 1. The van der Waals surface area contributed by atoms with E-state index in [4.69, 9.17) is 23.2 Å². The van der Waals surface area contributed by atoms with Gasteiger partial charge in [-0.3, -0.25) is 9.59 Å². The number of benzene rings is 2. The number of hydrogen-bond donors (Lipinski definition) is 1. The van der Waals surface area contributed by atoms with E-state index in [0.717, 1.165) is 37.1 Å². The van der Waals surface area contributed by atoms with Crippen LogP contribution in [0.1, 0.15) is 40.7 Å². The molecule has 0 spiro atoms. The molecule has 0 aliphatic carbocycles. The van der Waals surface area contributed by atoms with E-state index in [-0.39, 0.29) is 18.2 Å². The van der Waals surface area contributed by atoms with Gasteiger partial charge in [-0.25, -0.2) is 0 Å². The Hall–Kier alpha value is -2.04. The molecule has 0 unspecified atom stereocenters. The largest absolute Gasteiger partial charge is 0.339 e. The first kappa shape index (κ1) is 19.7. The number of rotatable bonds is 5. The summed E-state index contributed by atoms with van der Waals surface area (Å²) in [5.41, 5.74) is 2.95. The van der Waals surface area contributed by atoms with Crippen LogP contribution in [0.4, 0.5) is 5.69 Å². The number of amides is 2. The van der Waals surface area contributed by atoms with Gasteiger partial charge in [0.2, 0.25) is 5.91 Å². The Labute approximate surface area is 169 Å². The van der Waals surface area contributed by atoms with Crippen molar-refractivity contribution in [3.05, 3.63) is 63.1 Å². The van der Waals surface area contributed by atoms with Crippen molar-refractivity contribution in [3.8, 4) is 0 Å². The Morgan fingerprint density at radius 2 is 1.78 bits per heavy atom. The first-order valence-electron chi connectivity index (χ1n) is 9.09. The number of carbonyl (C=O) groups is 2. The average Bonchev–Trinajstić information content (AvgIpc) is 3.19. The fourth-order valence-corrected chi connectivity index (χ4v) is 3.71. The third-order valence-electron chi connectivity index (χ3n) is 4.88. The number of anilines is 1. The van der Waals surface area contributed by atoms with Crippen molar-refractivity contribution in [2.24, 2.45) is 0 Å². The first-order valence-corrected chi connectivity index (χ1v) is 9.84. The van der Waals surface area contributed by atoms with Crippen LogP contribution >= 0.6 is 23.2 Å². The minimum absolute atomic E-state index is 0.0341. The van der Waals surface area contributed by atoms with Crippen LogP contribution in [0.2, 0.25) is 10.0 Å². The molecule has 2 amide bonds. The van der Waals surface area contributed by atoms with Crippen molar-refractivity contribution >= 4 is 40.7 Å². The fourth-order valence-electron chi connectivity index (χ4n) is 3.30. The second kappa shape index (κ2) is 8.77. The molecule has 0 radical (unpaired) electrons. The first-order chi connectivity index (χ1) is 13.0. The number of carbonyl (C=O) groups excluding carboxylic acids is 2. The SMILES string of the molecule is Cc1c(NC(=O)CCc2cccc(Cl)c2Cl)cccc1C(=O)N1CCCC1. The van der Waals surface area contributed by atoms with E-state index < -0.39 is 0 Å². The quantitative estimate of drug-likeness (QED) is 0.752. The molecule has 2 aromatic rings. The summed E-state index contributed by atoms with van der Waals surface area (Å²) in [6.45, 7) is 3.47.